The van der Waals surface area contributed by atoms with E-state index in [4.69, 9.17) is 0 Å². The Morgan fingerprint density at radius 3 is 2.45 bits per heavy atom. The van der Waals surface area contributed by atoms with Gasteiger partial charge < -0.3 is 20.1 Å². The smallest absolute Gasteiger partial charge is 0.0501 e. The molecule has 0 bridgehead atoms. The number of aryl methyl sites for hydroxylation is 1. The van der Waals surface area contributed by atoms with Gasteiger partial charge in [0, 0.05) is 30.0 Å². The lowest BCUT2D eigenvalue weighted by atomic mass is 9.86. The lowest BCUT2D eigenvalue weighted by Crippen LogP contribution is -2.29. The molecule has 0 amide bonds. The highest BCUT2D eigenvalue weighted by atomic mass is 15.1. The topological polar surface area (TPSA) is 32.2 Å². The average Bonchev–Trinajstić information content (AvgIpc) is 3.41. The second kappa shape index (κ2) is 8.66. The number of nitrogens with zero attached hydrogens (tertiary/aromatic N) is 2. The Morgan fingerprint density at radius 2 is 1.64 bits per heavy atom. The van der Waals surface area contributed by atoms with E-state index in [-0.39, 0.29) is 0 Å². The van der Waals surface area contributed by atoms with Gasteiger partial charge in [-0.05, 0) is 124 Å². The number of likely N-dealkylation sites (tertiary alicyclic amines) is 1. The predicted molar refractivity (Wildman–Crippen MR) is 139 cm³/mol. The number of rotatable bonds is 4. The molecule has 3 aromatic rings. The second-order valence-corrected chi connectivity index (χ2v) is 10.4. The minimum atomic E-state index is 0.681. The van der Waals surface area contributed by atoms with Gasteiger partial charge in [0.05, 0.1) is 5.52 Å². The molecule has 33 heavy (non-hydrogen) atoms. The summed E-state index contributed by atoms with van der Waals surface area (Å²) < 4.78 is 2.31. The molecule has 0 spiro atoms. The van der Waals surface area contributed by atoms with E-state index >= 15 is 0 Å². The molecular weight excluding hydrogens is 404 g/mol. The van der Waals surface area contributed by atoms with E-state index in [1.54, 1.807) is 5.57 Å². The molecule has 1 aromatic heterocycles. The highest BCUT2D eigenvalue weighted by molar-refractivity contribution is 5.88. The van der Waals surface area contributed by atoms with Crippen LogP contribution in [-0.4, -0.2) is 42.7 Å². The molecule has 0 atom stereocenters. The van der Waals surface area contributed by atoms with Crippen LogP contribution in [-0.2, 0) is 13.5 Å². The standard InChI is InChI=1S/C29H36N4/c1-32-15-11-22(12-16-32)28-19-33(2)29-18-24(6-8-26(28)29)31-23-5-3-20-4-7-25(27(20)17-23)21-9-13-30-14-10-21/h3,5-8,17-19,21-22,30-31H,4,9-16H2,1-2H3. The summed E-state index contributed by atoms with van der Waals surface area (Å²) in [6.45, 7) is 4.69. The van der Waals surface area contributed by atoms with Gasteiger partial charge in [-0.3, -0.25) is 0 Å². The first-order chi connectivity index (χ1) is 16.2. The van der Waals surface area contributed by atoms with Crippen molar-refractivity contribution in [3.8, 4) is 0 Å². The van der Waals surface area contributed by atoms with E-state index in [9.17, 15) is 0 Å². The molecule has 4 heteroatoms. The molecule has 2 N–H and O–H groups in total. The zero-order valence-electron chi connectivity index (χ0n) is 20.0. The molecule has 0 unspecified atom stereocenters. The number of benzene rings is 2. The van der Waals surface area contributed by atoms with Crippen molar-refractivity contribution in [2.75, 3.05) is 38.5 Å². The third kappa shape index (κ3) is 4.00. The Balaban J connectivity index is 1.25. The summed E-state index contributed by atoms with van der Waals surface area (Å²) in [4.78, 5) is 2.45. The molecule has 0 radical (unpaired) electrons. The number of fused-ring (bicyclic) bond motifs is 2. The summed E-state index contributed by atoms with van der Waals surface area (Å²) in [5.41, 5.74) is 9.75. The maximum atomic E-state index is 3.71. The third-order valence-electron chi connectivity index (χ3n) is 8.21. The minimum absolute atomic E-state index is 0.681. The Labute approximate surface area is 197 Å². The highest BCUT2D eigenvalue weighted by Crippen LogP contribution is 2.39. The van der Waals surface area contributed by atoms with Crippen molar-refractivity contribution in [3.63, 3.8) is 0 Å². The average molecular weight is 441 g/mol. The summed E-state index contributed by atoms with van der Waals surface area (Å²) in [5, 5.41) is 8.64. The third-order valence-corrected chi connectivity index (χ3v) is 8.21. The van der Waals surface area contributed by atoms with Gasteiger partial charge in [-0.2, -0.15) is 0 Å². The van der Waals surface area contributed by atoms with Crippen LogP contribution < -0.4 is 10.6 Å². The van der Waals surface area contributed by atoms with Crippen molar-refractivity contribution in [3.05, 3.63) is 65.4 Å². The zero-order chi connectivity index (χ0) is 22.4. The Bertz CT molecular complexity index is 1190. The van der Waals surface area contributed by atoms with Crippen LogP contribution in [0.15, 0.2) is 48.7 Å². The van der Waals surface area contributed by atoms with Crippen LogP contribution in [0.5, 0.6) is 0 Å². The molecule has 3 heterocycles. The normalized spacial score (nSPS) is 20.2. The number of aromatic nitrogens is 1. The number of hydrogen-bond acceptors (Lipinski definition) is 3. The van der Waals surface area contributed by atoms with Gasteiger partial charge in [-0.1, -0.05) is 18.2 Å². The van der Waals surface area contributed by atoms with Crippen molar-refractivity contribution in [1.29, 1.82) is 0 Å². The van der Waals surface area contributed by atoms with Crippen LogP contribution in [0.3, 0.4) is 0 Å². The van der Waals surface area contributed by atoms with Gasteiger partial charge >= 0.3 is 0 Å². The van der Waals surface area contributed by atoms with Gasteiger partial charge in [0.1, 0.15) is 0 Å². The molecule has 0 saturated carbocycles. The van der Waals surface area contributed by atoms with Crippen LogP contribution in [0.25, 0.3) is 16.5 Å². The quantitative estimate of drug-likeness (QED) is 0.548. The molecule has 172 valence electrons. The van der Waals surface area contributed by atoms with Crippen molar-refractivity contribution in [1.82, 2.24) is 14.8 Å². The van der Waals surface area contributed by atoms with Crippen LogP contribution in [0.1, 0.15) is 48.3 Å². The van der Waals surface area contributed by atoms with E-state index in [1.807, 2.05) is 0 Å². The van der Waals surface area contributed by atoms with E-state index in [2.05, 4.69) is 82.9 Å². The van der Waals surface area contributed by atoms with E-state index in [1.165, 1.54) is 77.7 Å². The number of nitrogens with one attached hydrogen (secondary N) is 2. The van der Waals surface area contributed by atoms with Gasteiger partial charge in [-0.25, -0.2) is 0 Å². The SMILES string of the molecule is CN1CCC(c2cn(C)c3cc(Nc4ccc5c(c4)C(C4CCNCC4)=CC5)ccc23)CC1. The number of allylic oxidation sites excluding steroid dienone is 2. The molecular formula is C29H36N4. The van der Waals surface area contributed by atoms with Crippen molar-refractivity contribution in [2.24, 2.45) is 13.0 Å². The minimum Gasteiger partial charge on any atom is -0.355 e. The molecule has 1 aliphatic carbocycles. The van der Waals surface area contributed by atoms with Crippen molar-refractivity contribution < 1.29 is 0 Å². The predicted octanol–water partition coefficient (Wildman–Crippen LogP) is 5.67. The Hall–Kier alpha value is -2.56. The van der Waals surface area contributed by atoms with E-state index < -0.39 is 0 Å². The lowest BCUT2D eigenvalue weighted by molar-refractivity contribution is 0.256. The van der Waals surface area contributed by atoms with Gasteiger partial charge in [0.25, 0.3) is 0 Å². The summed E-state index contributed by atoms with van der Waals surface area (Å²) in [5.74, 6) is 1.39. The largest absolute Gasteiger partial charge is 0.355 e. The summed E-state index contributed by atoms with van der Waals surface area (Å²) >= 11 is 0. The summed E-state index contributed by atoms with van der Waals surface area (Å²) in [7, 11) is 4.43. The molecule has 2 fully saturated rings. The Kier molecular flexibility index (Phi) is 5.51. The molecule has 2 saturated heterocycles. The number of piperidine rings is 2. The van der Waals surface area contributed by atoms with Crippen LogP contribution in [0.4, 0.5) is 11.4 Å². The van der Waals surface area contributed by atoms with E-state index in [0.29, 0.717) is 11.8 Å². The molecule has 2 aromatic carbocycles. The first-order valence-corrected chi connectivity index (χ1v) is 12.7. The first kappa shape index (κ1) is 21.0. The maximum Gasteiger partial charge on any atom is 0.0501 e. The molecule has 4 nitrogen and oxygen atoms in total. The molecule has 6 rings (SSSR count). The van der Waals surface area contributed by atoms with Gasteiger partial charge in [0.15, 0.2) is 0 Å². The molecule has 2 aliphatic heterocycles. The van der Waals surface area contributed by atoms with Crippen molar-refractivity contribution >= 4 is 27.9 Å². The first-order valence-electron chi connectivity index (χ1n) is 12.7. The maximum absolute atomic E-state index is 3.71. The van der Waals surface area contributed by atoms with E-state index in [0.717, 1.165) is 19.5 Å². The fraction of sp³-hybridized carbons (Fsp3) is 0.448. The fourth-order valence-corrected chi connectivity index (χ4v) is 6.25. The van der Waals surface area contributed by atoms with Gasteiger partial charge in [-0.15, -0.1) is 0 Å². The zero-order valence-corrected chi connectivity index (χ0v) is 20.0. The van der Waals surface area contributed by atoms with Crippen molar-refractivity contribution in [2.45, 2.75) is 38.0 Å². The van der Waals surface area contributed by atoms with Gasteiger partial charge in [0.2, 0.25) is 0 Å². The monoisotopic (exact) mass is 440 g/mol. The lowest BCUT2D eigenvalue weighted by Gasteiger charge is -2.28. The highest BCUT2D eigenvalue weighted by Gasteiger charge is 2.24. The van der Waals surface area contributed by atoms with Crippen LogP contribution in [0.2, 0.25) is 0 Å². The Morgan fingerprint density at radius 1 is 0.879 bits per heavy atom. The summed E-state index contributed by atoms with van der Waals surface area (Å²) in [6, 6.07) is 13.9. The van der Waals surface area contributed by atoms with Crippen LogP contribution >= 0.6 is 0 Å². The number of hydrogen-bond donors (Lipinski definition) is 2. The number of anilines is 2. The summed E-state index contributed by atoms with van der Waals surface area (Å²) in [6.07, 6.45) is 11.0. The fourth-order valence-electron chi connectivity index (χ4n) is 6.25. The van der Waals surface area contributed by atoms with Crippen LogP contribution in [0, 0.1) is 5.92 Å². The molecule has 3 aliphatic rings. The second-order valence-electron chi connectivity index (χ2n) is 10.4.